The van der Waals surface area contributed by atoms with Gasteiger partial charge >= 0.3 is 0 Å². The number of guanidine groups is 1. The maximum atomic E-state index is 12.1. The van der Waals surface area contributed by atoms with Crippen molar-refractivity contribution in [2.24, 2.45) is 4.99 Å². The first-order valence-electron chi connectivity index (χ1n) is 9.49. The zero-order chi connectivity index (χ0) is 19.1. The average Bonchev–Trinajstić information content (AvgIpc) is 3.26. The number of aliphatic imine (C=N–C) groups is 1. The van der Waals surface area contributed by atoms with Crippen molar-refractivity contribution in [3.05, 3.63) is 42.4 Å². The molecule has 27 heavy (non-hydrogen) atoms. The summed E-state index contributed by atoms with van der Waals surface area (Å²) >= 11 is 0. The van der Waals surface area contributed by atoms with Gasteiger partial charge in [0.1, 0.15) is 0 Å². The van der Waals surface area contributed by atoms with Crippen LogP contribution in [0, 0.1) is 0 Å². The summed E-state index contributed by atoms with van der Waals surface area (Å²) in [6.45, 7) is 2.65. The van der Waals surface area contributed by atoms with Crippen LogP contribution in [0.4, 0.5) is 0 Å². The molecule has 1 aliphatic rings. The maximum absolute atomic E-state index is 12.1. The van der Waals surface area contributed by atoms with Crippen molar-refractivity contribution >= 4 is 16.8 Å². The Morgan fingerprint density at radius 3 is 3.04 bits per heavy atom. The molecule has 0 saturated heterocycles. The molecule has 0 radical (unpaired) electrons. The average molecular weight is 389 g/mol. The van der Waals surface area contributed by atoms with Crippen LogP contribution in [0.25, 0.3) is 5.82 Å². The van der Waals surface area contributed by atoms with Gasteiger partial charge in [0, 0.05) is 60.0 Å². The first kappa shape index (κ1) is 19.5. The van der Waals surface area contributed by atoms with Gasteiger partial charge < -0.3 is 10.6 Å². The molecule has 3 rings (SSSR count). The Hall–Kier alpha value is -2.22. The van der Waals surface area contributed by atoms with Crippen molar-refractivity contribution in [3.63, 3.8) is 0 Å². The molecule has 0 bridgehead atoms. The number of nitrogens with zero attached hydrogens (tertiary/aromatic N) is 4. The maximum Gasteiger partial charge on any atom is 0.191 e. The lowest BCUT2D eigenvalue weighted by molar-refractivity contribution is 0.413. The molecule has 146 valence electrons. The molecule has 0 amide bonds. The second-order valence-corrected chi connectivity index (χ2v) is 8.70. The third kappa shape index (κ3) is 5.38. The van der Waals surface area contributed by atoms with E-state index in [1.807, 2.05) is 31.3 Å². The lowest BCUT2D eigenvalue weighted by atomic mass is 9.95. The lowest BCUT2D eigenvalue weighted by Crippen LogP contribution is -2.46. The SMILES string of the molecule is CCS(=O)C1CCCC(NC(=NC)NCc2ccnc(-n3cccn3)c2)C1. The molecule has 1 saturated carbocycles. The zero-order valence-corrected chi connectivity index (χ0v) is 16.8. The number of pyridine rings is 1. The second kappa shape index (κ2) is 9.64. The molecule has 3 unspecified atom stereocenters. The summed E-state index contributed by atoms with van der Waals surface area (Å²) in [5, 5.41) is 11.4. The Kier molecular flexibility index (Phi) is 6.98. The summed E-state index contributed by atoms with van der Waals surface area (Å²) in [4.78, 5) is 8.70. The number of hydrogen-bond acceptors (Lipinski definition) is 4. The van der Waals surface area contributed by atoms with Gasteiger partial charge in [-0.3, -0.25) is 9.20 Å². The van der Waals surface area contributed by atoms with Crippen LogP contribution in [0.3, 0.4) is 0 Å². The van der Waals surface area contributed by atoms with Crippen LogP contribution in [0.5, 0.6) is 0 Å². The zero-order valence-electron chi connectivity index (χ0n) is 16.0. The Bertz CT molecular complexity index is 776. The van der Waals surface area contributed by atoms with E-state index in [0.717, 1.165) is 48.8 Å². The molecule has 2 N–H and O–H groups in total. The van der Waals surface area contributed by atoms with E-state index in [9.17, 15) is 4.21 Å². The normalized spacial score (nSPS) is 21.6. The Morgan fingerprint density at radius 2 is 2.30 bits per heavy atom. The molecule has 1 aliphatic carbocycles. The van der Waals surface area contributed by atoms with Gasteiger partial charge in [0.15, 0.2) is 11.8 Å². The van der Waals surface area contributed by atoms with Gasteiger partial charge in [0.2, 0.25) is 0 Å². The molecule has 0 aromatic carbocycles. The Balaban J connectivity index is 1.55. The van der Waals surface area contributed by atoms with E-state index in [4.69, 9.17) is 0 Å². The first-order valence-corrected chi connectivity index (χ1v) is 10.9. The molecule has 8 heteroatoms. The highest BCUT2D eigenvalue weighted by molar-refractivity contribution is 7.85. The van der Waals surface area contributed by atoms with Gasteiger partial charge in [-0.1, -0.05) is 13.3 Å². The molecule has 0 spiro atoms. The van der Waals surface area contributed by atoms with Crippen LogP contribution >= 0.6 is 0 Å². The minimum atomic E-state index is -0.717. The van der Waals surface area contributed by atoms with Gasteiger partial charge in [-0.25, -0.2) is 9.67 Å². The molecule has 7 nitrogen and oxygen atoms in total. The van der Waals surface area contributed by atoms with Gasteiger partial charge in [0.05, 0.1) is 0 Å². The summed E-state index contributed by atoms with van der Waals surface area (Å²) in [6.07, 6.45) is 9.62. The molecule has 3 atom stereocenters. The second-order valence-electron chi connectivity index (χ2n) is 6.70. The Morgan fingerprint density at radius 1 is 1.41 bits per heavy atom. The van der Waals surface area contributed by atoms with E-state index in [1.165, 1.54) is 0 Å². The summed E-state index contributed by atoms with van der Waals surface area (Å²) in [7, 11) is 1.06. The van der Waals surface area contributed by atoms with E-state index < -0.39 is 10.8 Å². The summed E-state index contributed by atoms with van der Waals surface area (Å²) in [6, 6.07) is 6.19. The van der Waals surface area contributed by atoms with Gasteiger partial charge in [-0.2, -0.15) is 5.10 Å². The van der Waals surface area contributed by atoms with Crippen LogP contribution in [-0.2, 0) is 17.3 Å². The standard InChI is InChI=1S/C19H28N6OS/c1-3-27(26)17-7-4-6-16(13-17)24-19(20-2)22-14-15-8-10-21-18(12-15)25-11-5-9-23-25/h5,8-12,16-17H,3-4,6-7,13-14H2,1-2H3,(H2,20,22,24). The van der Waals surface area contributed by atoms with Gasteiger partial charge in [-0.05, 0) is 43.0 Å². The molecule has 2 aromatic heterocycles. The topological polar surface area (TPSA) is 84.2 Å². The minimum Gasteiger partial charge on any atom is -0.354 e. The third-order valence-electron chi connectivity index (χ3n) is 4.86. The lowest BCUT2D eigenvalue weighted by Gasteiger charge is -2.30. The molecular formula is C19H28N6OS. The summed E-state index contributed by atoms with van der Waals surface area (Å²) in [5.74, 6) is 2.31. The van der Waals surface area contributed by atoms with E-state index in [-0.39, 0.29) is 0 Å². The number of rotatable bonds is 6. The highest BCUT2D eigenvalue weighted by Crippen LogP contribution is 2.23. The highest BCUT2D eigenvalue weighted by atomic mass is 32.2. The quantitative estimate of drug-likeness (QED) is 0.584. The third-order valence-corrected chi connectivity index (χ3v) is 6.60. The molecule has 2 aromatic rings. The molecule has 2 heterocycles. The van der Waals surface area contributed by atoms with E-state index in [2.05, 4.69) is 25.7 Å². The first-order chi connectivity index (χ1) is 13.2. The van der Waals surface area contributed by atoms with Crippen molar-refractivity contribution in [1.82, 2.24) is 25.4 Å². The number of hydrogen-bond donors (Lipinski definition) is 2. The van der Waals surface area contributed by atoms with Crippen molar-refractivity contribution in [3.8, 4) is 5.82 Å². The minimum absolute atomic E-state index is 0.302. The predicted octanol–water partition coefficient (Wildman–Crippen LogP) is 2.01. The van der Waals surface area contributed by atoms with Crippen molar-refractivity contribution < 1.29 is 4.21 Å². The van der Waals surface area contributed by atoms with Crippen LogP contribution in [-0.4, -0.2) is 49.0 Å². The monoisotopic (exact) mass is 388 g/mol. The highest BCUT2D eigenvalue weighted by Gasteiger charge is 2.26. The summed E-state index contributed by atoms with van der Waals surface area (Å²) in [5.41, 5.74) is 1.10. The van der Waals surface area contributed by atoms with E-state index >= 15 is 0 Å². The predicted molar refractivity (Wildman–Crippen MR) is 109 cm³/mol. The largest absolute Gasteiger partial charge is 0.354 e. The van der Waals surface area contributed by atoms with Crippen LogP contribution in [0.1, 0.15) is 38.2 Å². The van der Waals surface area contributed by atoms with Gasteiger partial charge in [0.25, 0.3) is 0 Å². The number of nitrogens with one attached hydrogen (secondary N) is 2. The molecular weight excluding hydrogens is 360 g/mol. The van der Waals surface area contributed by atoms with Crippen molar-refractivity contribution in [1.29, 1.82) is 0 Å². The summed E-state index contributed by atoms with van der Waals surface area (Å²) < 4.78 is 13.9. The fraction of sp³-hybridized carbons (Fsp3) is 0.526. The van der Waals surface area contributed by atoms with Crippen LogP contribution in [0.2, 0.25) is 0 Å². The fourth-order valence-corrected chi connectivity index (χ4v) is 4.77. The van der Waals surface area contributed by atoms with Crippen LogP contribution in [0.15, 0.2) is 41.8 Å². The van der Waals surface area contributed by atoms with Gasteiger partial charge in [-0.15, -0.1) is 0 Å². The smallest absolute Gasteiger partial charge is 0.191 e. The van der Waals surface area contributed by atoms with Crippen LogP contribution < -0.4 is 10.6 Å². The Labute approximate surface area is 163 Å². The van der Waals surface area contributed by atoms with E-state index in [1.54, 1.807) is 24.1 Å². The fourth-order valence-electron chi connectivity index (χ4n) is 3.42. The molecule has 1 fully saturated rings. The molecule has 0 aliphatic heterocycles. The number of aromatic nitrogens is 3. The van der Waals surface area contributed by atoms with Crippen molar-refractivity contribution in [2.45, 2.75) is 50.4 Å². The van der Waals surface area contributed by atoms with Crippen molar-refractivity contribution in [2.75, 3.05) is 12.8 Å². The van der Waals surface area contributed by atoms with E-state index in [0.29, 0.717) is 17.8 Å².